The summed E-state index contributed by atoms with van der Waals surface area (Å²) in [7, 11) is 0. The van der Waals surface area contributed by atoms with Crippen LogP contribution in [0.15, 0.2) is 72.8 Å². The van der Waals surface area contributed by atoms with Crippen LogP contribution >= 0.6 is 0 Å². The lowest BCUT2D eigenvalue weighted by Crippen LogP contribution is -1.85. The van der Waals surface area contributed by atoms with E-state index in [2.05, 4.69) is 86.6 Å². The highest BCUT2D eigenvalue weighted by Gasteiger charge is 2.04. The number of hydrogen-bond acceptors (Lipinski definition) is 0. The number of aryl methyl sites for hydroxylation is 2. The molecule has 0 aliphatic heterocycles. The van der Waals surface area contributed by atoms with Gasteiger partial charge < -0.3 is 0 Å². The van der Waals surface area contributed by atoms with Crippen molar-refractivity contribution in [3.63, 3.8) is 0 Å². The fraction of sp³-hybridized carbons (Fsp3) is 0.0909. The molecule has 4 aromatic carbocycles. The quantitative estimate of drug-likeness (QED) is 0.360. The van der Waals surface area contributed by atoms with Crippen LogP contribution < -0.4 is 0 Å². The van der Waals surface area contributed by atoms with Crippen LogP contribution in [0, 0.1) is 13.8 Å². The molecule has 0 heteroatoms. The van der Waals surface area contributed by atoms with Crippen LogP contribution in [-0.4, -0.2) is 0 Å². The van der Waals surface area contributed by atoms with E-state index in [1.807, 2.05) is 0 Å². The molecule has 0 atom stereocenters. The summed E-state index contributed by atoms with van der Waals surface area (Å²) in [4.78, 5) is 0. The summed E-state index contributed by atoms with van der Waals surface area (Å²) in [5.74, 6) is 0. The molecule has 4 aromatic rings. The van der Waals surface area contributed by atoms with Crippen LogP contribution in [-0.2, 0) is 0 Å². The van der Waals surface area contributed by atoms with E-state index in [0.29, 0.717) is 0 Å². The summed E-state index contributed by atoms with van der Waals surface area (Å²) in [6, 6.07) is 26.5. The average molecular weight is 282 g/mol. The van der Waals surface area contributed by atoms with Gasteiger partial charge in [0.25, 0.3) is 0 Å². The second-order valence-corrected chi connectivity index (χ2v) is 6.08. The molecule has 0 saturated heterocycles. The van der Waals surface area contributed by atoms with Crippen LogP contribution in [0.3, 0.4) is 0 Å². The Labute approximate surface area is 131 Å². The minimum Gasteiger partial charge on any atom is -0.0616 e. The van der Waals surface area contributed by atoms with E-state index < -0.39 is 0 Å². The Bertz CT molecular complexity index is 993. The minimum absolute atomic E-state index is 1.29. The largest absolute Gasteiger partial charge is 0.0616 e. The van der Waals surface area contributed by atoms with Gasteiger partial charge in [0.2, 0.25) is 0 Å². The van der Waals surface area contributed by atoms with Gasteiger partial charge in [0.1, 0.15) is 0 Å². The first kappa shape index (κ1) is 13.1. The van der Waals surface area contributed by atoms with Crippen molar-refractivity contribution in [3.05, 3.63) is 83.9 Å². The van der Waals surface area contributed by atoms with Gasteiger partial charge in [-0.1, -0.05) is 60.2 Å². The van der Waals surface area contributed by atoms with E-state index in [1.54, 1.807) is 0 Å². The third-order valence-corrected chi connectivity index (χ3v) is 4.40. The summed E-state index contributed by atoms with van der Waals surface area (Å²) in [6.45, 7) is 4.33. The normalized spacial score (nSPS) is 11.2. The van der Waals surface area contributed by atoms with Crippen molar-refractivity contribution < 1.29 is 0 Å². The van der Waals surface area contributed by atoms with Crippen molar-refractivity contribution in [1.29, 1.82) is 0 Å². The third-order valence-electron chi connectivity index (χ3n) is 4.40. The molecule has 0 aliphatic rings. The standard InChI is InChI=1S/C22H18/c1-15-7-10-22(16(2)11-15)20-9-8-19-12-17-5-3-4-6-18(17)13-21(19)14-20/h3-14H,1-2H3. The Morgan fingerprint density at radius 2 is 1.23 bits per heavy atom. The van der Waals surface area contributed by atoms with Gasteiger partial charge in [-0.2, -0.15) is 0 Å². The summed E-state index contributed by atoms with van der Waals surface area (Å²) < 4.78 is 0. The molecule has 0 aromatic heterocycles. The van der Waals surface area contributed by atoms with Gasteiger partial charge in [-0.15, -0.1) is 0 Å². The van der Waals surface area contributed by atoms with E-state index in [0.717, 1.165) is 0 Å². The van der Waals surface area contributed by atoms with Crippen molar-refractivity contribution in [2.45, 2.75) is 13.8 Å². The van der Waals surface area contributed by atoms with Crippen molar-refractivity contribution in [2.24, 2.45) is 0 Å². The predicted molar refractivity (Wildman–Crippen MR) is 96.4 cm³/mol. The lowest BCUT2D eigenvalue weighted by Gasteiger charge is -2.09. The Morgan fingerprint density at radius 1 is 0.545 bits per heavy atom. The van der Waals surface area contributed by atoms with Gasteiger partial charge in [-0.05, 0) is 70.3 Å². The lowest BCUT2D eigenvalue weighted by molar-refractivity contribution is 1.38. The highest BCUT2D eigenvalue weighted by molar-refractivity contribution is 5.99. The second kappa shape index (κ2) is 4.99. The predicted octanol–water partition coefficient (Wildman–Crippen LogP) is 6.28. The summed E-state index contributed by atoms with van der Waals surface area (Å²) in [6.07, 6.45) is 0. The van der Waals surface area contributed by atoms with Crippen molar-refractivity contribution >= 4 is 21.5 Å². The molecule has 0 radical (unpaired) electrons. The molecule has 0 bridgehead atoms. The molecule has 0 N–H and O–H groups in total. The molecule has 4 rings (SSSR count). The van der Waals surface area contributed by atoms with Crippen LogP contribution in [0.5, 0.6) is 0 Å². The molecule has 0 amide bonds. The Morgan fingerprint density at radius 3 is 1.95 bits per heavy atom. The Kier molecular flexibility index (Phi) is 2.97. The van der Waals surface area contributed by atoms with E-state index >= 15 is 0 Å². The zero-order valence-corrected chi connectivity index (χ0v) is 12.9. The molecule has 106 valence electrons. The summed E-state index contributed by atoms with van der Waals surface area (Å²) in [5.41, 5.74) is 5.26. The zero-order chi connectivity index (χ0) is 15.1. The highest BCUT2D eigenvalue weighted by atomic mass is 14.1. The SMILES string of the molecule is Cc1ccc(-c2ccc3cc4ccccc4cc3c2)c(C)c1. The first-order chi connectivity index (χ1) is 10.7. The molecule has 0 spiro atoms. The van der Waals surface area contributed by atoms with Crippen LogP contribution in [0.2, 0.25) is 0 Å². The maximum Gasteiger partial charge on any atom is -0.0154 e. The van der Waals surface area contributed by atoms with E-state index in [1.165, 1.54) is 43.8 Å². The van der Waals surface area contributed by atoms with Gasteiger partial charge in [-0.3, -0.25) is 0 Å². The molecule has 0 aliphatic carbocycles. The van der Waals surface area contributed by atoms with Gasteiger partial charge in [0, 0.05) is 0 Å². The monoisotopic (exact) mass is 282 g/mol. The maximum absolute atomic E-state index is 2.30. The highest BCUT2D eigenvalue weighted by Crippen LogP contribution is 2.29. The van der Waals surface area contributed by atoms with Gasteiger partial charge in [0.05, 0.1) is 0 Å². The van der Waals surface area contributed by atoms with Crippen LogP contribution in [0.25, 0.3) is 32.7 Å². The van der Waals surface area contributed by atoms with Gasteiger partial charge in [0.15, 0.2) is 0 Å². The topological polar surface area (TPSA) is 0 Å². The summed E-state index contributed by atoms with van der Waals surface area (Å²) in [5, 5.41) is 5.20. The zero-order valence-electron chi connectivity index (χ0n) is 12.9. The molecule has 0 heterocycles. The van der Waals surface area contributed by atoms with Gasteiger partial charge in [-0.25, -0.2) is 0 Å². The van der Waals surface area contributed by atoms with E-state index in [-0.39, 0.29) is 0 Å². The molecular formula is C22H18. The van der Waals surface area contributed by atoms with Crippen LogP contribution in [0.1, 0.15) is 11.1 Å². The first-order valence-corrected chi connectivity index (χ1v) is 7.71. The molecule has 0 unspecified atom stereocenters. The minimum atomic E-state index is 1.29. The van der Waals surface area contributed by atoms with Crippen molar-refractivity contribution in [3.8, 4) is 11.1 Å². The van der Waals surface area contributed by atoms with E-state index in [4.69, 9.17) is 0 Å². The summed E-state index contributed by atoms with van der Waals surface area (Å²) >= 11 is 0. The Balaban J connectivity index is 1.94. The van der Waals surface area contributed by atoms with Crippen molar-refractivity contribution in [2.75, 3.05) is 0 Å². The molecular weight excluding hydrogens is 264 g/mol. The molecule has 0 saturated carbocycles. The number of hydrogen-bond donors (Lipinski definition) is 0. The van der Waals surface area contributed by atoms with Crippen LogP contribution in [0.4, 0.5) is 0 Å². The molecule has 22 heavy (non-hydrogen) atoms. The van der Waals surface area contributed by atoms with Gasteiger partial charge >= 0.3 is 0 Å². The van der Waals surface area contributed by atoms with E-state index in [9.17, 15) is 0 Å². The molecule has 0 fully saturated rings. The second-order valence-electron chi connectivity index (χ2n) is 6.08. The number of benzene rings is 4. The maximum atomic E-state index is 2.30. The number of rotatable bonds is 1. The molecule has 0 nitrogen and oxygen atoms in total. The first-order valence-electron chi connectivity index (χ1n) is 7.71. The lowest BCUT2D eigenvalue weighted by atomic mass is 9.95. The average Bonchev–Trinajstić information content (AvgIpc) is 2.52. The fourth-order valence-corrected chi connectivity index (χ4v) is 3.25. The Hall–Kier alpha value is -2.60. The number of fused-ring (bicyclic) bond motifs is 2. The smallest absolute Gasteiger partial charge is 0.0154 e. The van der Waals surface area contributed by atoms with Crippen molar-refractivity contribution in [1.82, 2.24) is 0 Å². The fourth-order valence-electron chi connectivity index (χ4n) is 3.25. The third kappa shape index (κ3) is 2.17.